The molecule has 138 valence electrons. The molecule has 2 aromatic carbocycles. The standard InChI is InChI=1S/C21H16N4OS2/c1-13-23-16-8-4-3-7-14(16)20(24-13)27-12-18(26)15(11-22)21-25(2)17-9-5-6-10-19(17)28-21/h3-10H,12H2,1-2H3/b21-15-. The maximum atomic E-state index is 12.9. The first-order valence-electron chi connectivity index (χ1n) is 8.63. The molecule has 0 atom stereocenters. The number of carbonyl (C=O) groups excluding carboxylic acids is 1. The molecule has 2 heterocycles. The van der Waals surface area contributed by atoms with E-state index in [9.17, 15) is 10.1 Å². The number of carbonyl (C=O) groups is 1. The first kappa shape index (κ1) is 18.5. The van der Waals surface area contributed by atoms with E-state index in [0.717, 1.165) is 26.5 Å². The molecule has 7 heteroatoms. The van der Waals surface area contributed by atoms with E-state index in [2.05, 4.69) is 16.0 Å². The number of rotatable bonds is 4. The highest BCUT2D eigenvalue weighted by atomic mass is 32.2. The number of nitriles is 1. The molecule has 0 aliphatic carbocycles. The molecule has 0 amide bonds. The van der Waals surface area contributed by atoms with Crippen LogP contribution >= 0.6 is 23.5 Å². The number of nitrogens with zero attached hydrogens (tertiary/aromatic N) is 4. The number of ketones is 1. The van der Waals surface area contributed by atoms with E-state index in [0.29, 0.717) is 10.9 Å². The Balaban J connectivity index is 1.60. The summed E-state index contributed by atoms with van der Waals surface area (Å²) in [5, 5.41) is 12.0. The Kier molecular flexibility index (Phi) is 5.07. The molecule has 0 bridgehead atoms. The van der Waals surface area contributed by atoms with Gasteiger partial charge < -0.3 is 4.90 Å². The minimum atomic E-state index is -0.199. The number of anilines is 1. The van der Waals surface area contributed by atoms with Gasteiger partial charge in [-0.25, -0.2) is 9.97 Å². The zero-order valence-corrected chi connectivity index (χ0v) is 17.0. The average molecular weight is 405 g/mol. The van der Waals surface area contributed by atoms with Crippen LogP contribution in [0, 0.1) is 18.3 Å². The van der Waals surface area contributed by atoms with Gasteiger partial charge in [-0.1, -0.05) is 53.9 Å². The maximum Gasteiger partial charge on any atom is 0.186 e. The Morgan fingerprint density at radius 2 is 1.93 bits per heavy atom. The molecular weight excluding hydrogens is 388 g/mol. The van der Waals surface area contributed by atoms with Crippen molar-refractivity contribution < 1.29 is 4.79 Å². The number of benzene rings is 2. The van der Waals surface area contributed by atoms with Gasteiger partial charge in [0.05, 0.1) is 17.0 Å². The van der Waals surface area contributed by atoms with Crippen molar-refractivity contribution >= 4 is 45.9 Å². The normalized spacial score (nSPS) is 14.7. The number of aryl methyl sites for hydroxylation is 1. The molecule has 0 N–H and O–H groups in total. The van der Waals surface area contributed by atoms with Crippen molar-refractivity contribution in [2.45, 2.75) is 16.8 Å². The Labute approximate surface area is 171 Å². The molecule has 0 unspecified atom stereocenters. The lowest BCUT2D eigenvalue weighted by molar-refractivity contribution is -0.112. The van der Waals surface area contributed by atoms with Gasteiger partial charge in [0.2, 0.25) is 0 Å². The second kappa shape index (κ2) is 7.66. The molecule has 5 nitrogen and oxygen atoms in total. The van der Waals surface area contributed by atoms with Crippen LogP contribution in [0.15, 0.2) is 69.1 Å². The number of thioether (sulfide) groups is 2. The lowest BCUT2D eigenvalue weighted by Crippen LogP contribution is -2.16. The third-order valence-corrected chi connectivity index (χ3v) is 6.59. The Morgan fingerprint density at radius 3 is 2.71 bits per heavy atom. The summed E-state index contributed by atoms with van der Waals surface area (Å²) in [6.45, 7) is 1.84. The van der Waals surface area contributed by atoms with Crippen LogP contribution in [0.5, 0.6) is 0 Å². The van der Waals surface area contributed by atoms with Gasteiger partial charge in [-0.05, 0) is 25.1 Å². The van der Waals surface area contributed by atoms with E-state index < -0.39 is 0 Å². The third kappa shape index (κ3) is 3.37. The molecule has 1 aromatic heterocycles. The van der Waals surface area contributed by atoms with Gasteiger partial charge in [0.15, 0.2) is 5.78 Å². The largest absolute Gasteiger partial charge is 0.337 e. The van der Waals surface area contributed by atoms with Crippen molar-refractivity contribution in [3.05, 3.63) is 65.0 Å². The number of aromatic nitrogens is 2. The predicted octanol–water partition coefficient (Wildman–Crippen LogP) is 4.58. The van der Waals surface area contributed by atoms with Crippen molar-refractivity contribution in [1.82, 2.24) is 9.97 Å². The third-order valence-electron chi connectivity index (χ3n) is 4.36. The highest BCUT2D eigenvalue weighted by Crippen LogP contribution is 2.46. The van der Waals surface area contributed by atoms with E-state index in [1.54, 1.807) is 0 Å². The summed E-state index contributed by atoms with van der Waals surface area (Å²) in [6.07, 6.45) is 0. The van der Waals surface area contributed by atoms with Crippen molar-refractivity contribution in [3.63, 3.8) is 0 Å². The highest BCUT2D eigenvalue weighted by molar-refractivity contribution is 8.03. The molecule has 0 radical (unpaired) electrons. The average Bonchev–Trinajstić information content (AvgIpc) is 3.03. The maximum absolute atomic E-state index is 12.9. The molecule has 28 heavy (non-hydrogen) atoms. The Bertz CT molecular complexity index is 1170. The summed E-state index contributed by atoms with van der Waals surface area (Å²) >= 11 is 2.81. The highest BCUT2D eigenvalue weighted by Gasteiger charge is 2.27. The van der Waals surface area contributed by atoms with Crippen molar-refractivity contribution in [1.29, 1.82) is 5.26 Å². The fourth-order valence-electron chi connectivity index (χ4n) is 3.03. The van der Waals surface area contributed by atoms with Crippen molar-refractivity contribution in [2.24, 2.45) is 0 Å². The van der Waals surface area contributed by atoms with Crippen LogP contribution < -0.4 is 4.90 Å². The van der Waals surface area contributed by atoms with Crippen LogP contribution in [0.1, 0.15) is 5.82 Å². The van der Waals surface area contributed by atoms with E-state index in [1.165, 1.54) is 23.5 Å². The monoisotopic (exact) mass is 404 g/mol. The van der Waals surface area contributed by atoms with Crippen LogP contribution in [-0.4, -0.2) is 28.6 Å². The minimum Gasteiger partial charge on any atom is -0.337 e. The first-order chi connectivity index (χ1) is 13.6. The zero-order chi connectivity index (χ0) is 19.7. The molecule has 3 aromatic rings. The quantitative estimate of drug-likeness (QED) is 0.273. The molecule has 1 aliphatic heterocycles. The van der Waals surface area contributed by atoms with Gasteiger partial charge in [-0.3, -0.25) is 4.79 Å². The van der Waals surface area contributed by atoms with Crippen molar-refractivity contribution in [3.8, 4) is 6.07 Å². The lowest BCUT2D eigenvalue weighted by atomic mass is 10.2. The summed E-state index contributed by atoms with van der Waals surface area (Å²) in [4.78, 5) is 24.7. The van der Waals surface area contributed by atoms with Crippen molar-refractivity contribution in [2.75, 3.05) is 17.7 Å². The number of hydrogen-bond acceptors (Lipinski definition) is 7. The van der Waals surface area contributed by atoms with Gasteiger partial charge in [0, 0.05) is 17.3 Å². The van der Waals surface area contributed by atoms with E-state index in [-0.39, 0.29) is 17.1 Å². The smallest absolute Gasteiger partial charge is 0.186 e. The first-order valence-corrected chi connectivity index (χ1v) is 10.4. The minimum absolute atomic E-state index is 0.150. The summed E-state index contributed by atoms with van der Waals surface area (Å²) < 4.78 is 0. The summed E-state index contributed by atoms with van der Waals surface area (Å²) in [6, 6.07) is 17.7. The molecule has 1 aliphatic rings. The van der Waals surface area contributed by atoms with Crippen LogP contribution in [0.2, 0.25) is 0 Å². The number of Topliss-reactive ketones (excluding diaryl/α,β-unsaturated/α-hetero) is 1. The molecule has 4 rings (SSSR count). The summed E-state index contributed by atoms with van der Waals surface area (Å²) in [5.41, 5.74) is 2.05. The Hall–Kier alpha value is -2.82. The summed E-state index contributed by atoms with van der Waals surface area (Å²) in [5.74, 6) is 0.612. The zero-order valence-electron chi connectivity index (χ0n) is 15.3. The fraction of sp³-hybridized carbons (Fsp3) is 0.143. The fourth-order valence-corrected chi connectivity index (χ4v) is 5.12. The van der Waals surface area contributed by atoms with Crippen LogP contribution in [-0.2, 0) is 4.79 Å². The van der Waals surface area contributed by atoms with Crippen LogP contribution in [0.3, 0.4) is 0 Å². The van der Waals surface area contributed by atoms with Gasteiger partial charge >= 0.3 is 0 Å². The molecule has 0 saturated heterocycles. The number of para-hydroxylation sites is 2. The van der Waals surface area contributed by atoms with Gasteiger partial charge in [-0.2, -0.15) is 5.26 Å². The summed E-state index contributed by atoms with van der Waals surface area (Å²) in [7, 11) is 1.88. The molecule has 0 spiro atoms. The lowest BCUT2D eigenvalue weighted by Gasteiger charge is -2.14. The SMILES string of the molecule is Cc1nc(SCC(=O)/C(C#N)=C2\Sc3ccccc3N2C)c2ccccc2n1. The van der Waals surface area contributed by atoms with Crippen LogP contribution in [0.4, 0.5) is 5.69 Å². The van der Waals surface area contributed by atoms with E-state index in [4.69, 9.17) is 0 Å². The molecule has 0 saturated carbocycles. The molecule has 0 fully saturated rings. The number of fused-ring (bicyclic) bond motifs is 2. The van der Waals surface area contributed by atoms with Gasteiger partial charge in [0.25, 0.3) is 0 Å². The van der Waals surface area contributed by atoms with Gasteiger partial charge in [0.1, 0.15) is 27.5 Å². The molecular formula is C21H16N4OS2. The second-order valence-corrected chi connectivity index (χ2v) is 8.22. The topological polar surface area (TPSA) is 69.9 Å². The predicted molar refractivity (Wildman–Crippen MR) is 113 cm³/mol. The van der Waals surface area contributed by atoms with Crippen LogP contribution in [0.25, 0.3) is 10.9 Å². The second-order valence-electron chi connectivity index (χ2n) is 6.23. The van der Waals surface area contributed by atoms with E-state index >= 15 is 0 Å². The number of hydrogen-bond donors (Lipinski definition) is 0. The van der Waals surface area contributed by atoms with Gasteiger partial charge in [-0.15, -0.1) is 0 Å². The Morgan fingerprint density at radius 1 is 1.18 bits per heavy atom. The number of allylic oxidation sites excluding steroid dienone is 1. The van der Waals surface area contributed by atoms with E-state index in [1.807, 2.05) is 67.4 Å².